The number of fused-ring (bicyclic) bond motifs is 3. The van der Waals surface area contributed by atoms with E-state index in [1.165, 1.54) is 12.1 Å². The summed E-state index contributed by atoms with van der Waals surface area (Å²) in [6.45, 7) is 6.91. The van der Waals surface area contributed by atoms with Gasteiger partial charge in [-0.15, -0.1) is 6.58 Å². The van der Waals surface area contributed by atoms with Gasteiger partial charge in [0.2, 0.25) is 5.79 Å². The highest BCUT2D eigenvalue weighted by Gasteiger charge is 2.65. The molecule has 1 saturated carbocycles. The van der Waals surface area contributed by atoms with Gasteiger partial charge in [0.05, 0.1) is 23.2 Å². The van der Waals surface area contributed by atoms with Gasteiger partial charge in [0, 0.05) is 61.9 Å². The van der Waals surface area contributed by atoms with Gasteiger partial charge in [-0.3, -0.25) is 14.9 Å². The number of nitro groups is 1. The highest BCUT2D eigenvalue weighted by atomic mass is 16.7. The second-order valence-electron chi connectivity index (χ2n) is 18.3. The number of benzene rings is 5. The zero-order valence-corrected chi connectivity index (χ0v) is 39.6. The number of unbranched alkanes of at least 4 members (excludes halogenated alkanes) is 2. The predicted molar refractivity (Wildman–Crippen MR) is 267 cm³/mol. The first-order valence-corrected chi connectivity index (χ1v) is 24.4. The monoisotopic (exact) mass is 950 g/mol. The zero-order valence-electron chi connectivity index (χ0n) is 39.6. The van der Waals surface area contributed by atoms with E-state index < -0.39 is 28.8 Å². The molecule has 2 amide bonds. The van der Waals surface area contributed by atoms with Crippen molar-refractivity contribution in [3.05, 3.63) is 172 Å². The first-order valence-electron chi connectivity index (χ1n) is 24.4. The van der Waals surface area contributed by atoms with Crippen LogP contribution in [0.15, 0.2) is 145 Å². The summed E-state index contributed by atoms with van der Waals surface area (Å²) in [5.74, 6) is -1.91. The van der Waals surface area contributed by atoms with Crippen molar-refractivity contribution in [3.8, 4) is 11.5 Å². The molecule has 0 radical (unpaired) electrons. The molecule has 0 bridgehead atoms. The number of oxime groups is 1. The van der Waals surface area contributed by atoms with Gasteiger partial charge in [0.15, 0.2) is 0 Å². The molecule has 1 fully saturated rings. The van der Waals surface area contributed by atoms with Crippen molar-refractivity contribution in [3.63, 3.8) is 0 Å². The van der Waals surface area contributed by atoms with E-state index >= 15 is 4.79 Å². The largest absolute Gasteiger partial charge is 0.459 e. The summed E-state index contributed by atoms with van der Waals surface area (Å²) < 4.78 is 20.5. The van der Waals surface area contributed by atoms with Gasteiger partial charge in [0.25, 0.3) is 11.6 Å². The minimum Gasteiger partial charge on any atom is -0.459 e. The van der Waals surface area contributed by atoms with Crippen LogP contribution >= 0.6 is 0 Å². The Labute approximate surface area is 408 Å². The number of hydrogen-bond acceptors (Lipinski definition) is 11. The van der Waals surface area contributed by atoms with Crippen molar-refractivity contribution in [2.75, 3.05) is 26.4 Å². The van der Waals surface area contributed by atoms with Gasteiger partial charge in [-0.1, -0.05) is 97.7 Å². The topological polar surface area (TPSA) is 182 Å². The predicted octanol–water partition coefficient (Wildman–Crippen LogP) is 10.4. The van der Waals surface area contributed by atoms with Crippen LogP contribution in [0.5, 0.6) is 11.5 Å². The number of non-ortho nitro benzene ring substituents is 1. The molecule has 6 unspecified atom stereocenters. The molecule has 70 heavy (non-hydrogen) atoms. The lowest BCUT2D eigenvalue weighted by atomic mass is 9.55. The third-order valence-corrected chi connectivity index (χ3v) is 13.8. The first-order chi connectivity index (χ1) is 34.2. The molecule has 2 aliphatic carbocycles. The maximum Gasteiger partial charge on any atom is 0.412 e. The second-order valence-corrected chi connectivity index (χ2v) is 18.3. The average molecular weight is 951 g/mol. The SMILES string of the molecule is C=CCOC12Oc3ccc(OC(=O)NCc4ccccc4)cc3C3C(CCCCO)C(CCCCO)C=C(C(=NOCc4ccc([N+](=O)[O-])cc4)CC1N(CCC)C(=O)c1ccc4ccccc4c1)C32. The molecule has 1 aliphatic heterocycles. The quantitative estimate of drug-likeness (QED) is 0.0261. The van der Waals surface area contributed by atoms with Crippen molar-refractivity contribution in [1.82, 2.24) is 10.2 Å². The molecule has 6 atom stereocenters. The Hall–Kier alpha value is -6.87. The Morgan fingerprint density at radius 2 is 1.66 bits per heavy atom. The molecular formula is C56H62N4O10. The molecule has 1 heterocycles. The summed E-state index contributed by atoms with van der Waals surface area (Å²) in [7, 11) is 0. The van der Waals surface area contributed by atoms with Gasteiger partial charge >= 0.3 is 6.09 Å². The van der Waals surface area contributed by atoms with Crippen LogP contribution in [0.1, 0.15) is 91.3 Å². The fraction of sp³-hybridized carbons (Fsp3) is 0.375. The molecule has 14 nitrogen and oxygen atoms in total. The van der Waals surface area contributed by atoms with E-state index in [0.717, 1.165) is 53.2 Å². The zero-order chi connectivity index (χ0) is 49.0. The molecule has 5 aromatic carbocycles. The maximum absolute atomic E-state index is 15.3. The fourth-order valence-corrected chi connectivity index (χ4v) is 10.7. The van der Waals surface area contributed by atoms with E-state index in [1.54, 1.807) is 24.3 Å². The fourth-order valence-electron chi connectivity index (χ4n) is 10.7. The maximum atomic E-state index is 15.3. The lowest BCUT2D eigenvalue weighted by Gasteiger charge is -2.60. The van der Waals surface area contributed by atoms with Crippen LogP contribution in [0.4, 0.5) is 10.5 Å². The van der Waals surface area contributed by atoms with E-state index in [9.17, 15) is 25.1 Å². The number of aliphatic hydroxyl groups excluding tert-OH is 2. The third-order valence-electron chi connectivity index (χ3n) is 13.8. The number of ether oxygens (including phenoxy) is 3. The van der Waals surface area contributed by atoms with Gasteiger partial charge in [-0.05, 0) is 114 Å². The summed E-state index contributed by atoms with van der Waals surface area (Å²) in [6, 6.07) is 34.0. The van der Waals surface area contributed by atoms with E-state index in [0.29, 0.717) is 54.1 Å². The van der Waals surface area contributed by atoms with Crippen molar-refractivity contribution in [2.24, 2.45) is 22.9 Å². The highest BCUT2D eigenvalue weighted by molar-refractivity contribution is 6.04. The van der Waals surface area contributed by atoms with Crippen molar-refractivity contribution in [1.29, 1.82) is 0 Å². The summed E-state index contributed by atoms with van der Waals surface area (Å²) in [6.07, 6.45) is 8.28. The molecular weight excluding hydrogens is 889 g/mol. The number of carbonyl (C=O) groups excluding carboxylic acids is 2. The van der Waals surface area contributed by atoms with Crippen LogP contribution < -0.4 is 14.8 Å². The van der Waals surface area contributed by atoms with Crippen molar-refractivity contribution >= 4 is 34.2 Å². The minimum absolute atomic E-state index is 0.0242. The number of aliphatic hydroxyl groups is 2. The van der Waals surface area contributed by atoms with Gasteiger partial charge in [-0.25, -0.2) is 4.79 Å². The van der Waals surface area contributed by atoms with E-state index in [1.807, 2.05) is 96.8 Å². The van der Waals surface area contributed by atoms with E-state index in [2.05, 4.69) is 18.0 Å². The number of allylic oxidation sites excluding steroid dienone is 1. The van der Waals surface area contributed by atoms with Crippen LogP contribution in [-0.2, 0) is 22.7 Å². The Morgan fingerprint density at radius 1 is 0.914 bits per heavy atom. The molecule has 8 rings (SSSR count). The third kappa shape index (κ3) is 10.9. The summed E-state index contributed by atoms with van der Waals surface area (Å²) in [5, 5.41) is 41.2. The normalized spacial score (nSPS) is 21.7. The summed E-state index contributed by atoms with van der Waals surface area (Å²) >= 11 is 0. The summed E-state index contributed by atoms with van der Waals surface area (Å²) in [4.78, 5) is 47.8. The molecule has 14 heteroatoms. The van der Waals surface area contributed by atoms with Gasteiger partial charge in [-0.2, -0.15) is 0 Å². The Kier molecular flexibility index (Phi) is 16.4. The average Bonchev–Trinajstić information content (AvgIpc) is 3.38. The molecule has 0 spiro atoms. The number of nitrogens with zero attached hydrogens (tertiary/aromatic N) is 3. The molecule has 3 N–H and O–H groups in total. The lowest BCUT2D eigenvalue weighted by Crippen LogP contribution is -2.70. The van der Waals surface area contributed by atoms with E-state index in [-0.39, 0.29) is 68.7 Å². The Balaban J connectivity index is 1.29. The minimum atomic E-state index is -1.50. The van der Waals surface area contributed by atoms with Crippen LogP contribution in [0.25, 0.3) is 10.8 Å². The Bertz CT molecular complexity index is 2690. The number of hydrogen-bond donors (Lipinski definition) is 3. The smallest absolute Gasteiger partial charge is 0.412 e. The van der Waals surface area contributed by atoms with Crippen molar-refractivity contribution in [2.45, 2.75) is 89.2 Å². The number of nitro benzene ring substituents is 1. The number of rotatable bonds is 22. The molecule has 3 aliphatic rings. The van der Waals surface area contributed by atoms with Crippen LogP contribution in [0.3, 0.4) is 0 Å². The molecule has 366 valence electrons. The number of nitrogens with one attached hydrogen (secondary N) is 1. The molecule has 0 saturated heterocycles. The van der Waals surface area contributed by atoms with Gasteiger partial charge < -0.3 is 39.5 Å². The highest BCUT2D eigenvalue weighted by Crippen LogP contribution is 2.62. The van der Waals surface area contributed by atoms with Crippen LogP contribution in [0, 0.1) is 27.9 Å². The van der Waals surface area contributed by atoms with Crippen LogP contribution in [0.2, 0.25) is 0 Å². The summed E-state index contributed by atoms with van der Waals surface area (Å²) in [5.41, 5.74) is 4.33. The van der Waals surface area contributed by atoms with Gasteiger partial charge in [0.1, 0.15) is 24.1 Å². The van der Waals surface area contributed by atoms with Crippen molar-refractivity contribution < 1.29 is 43.8 Å². The number of carbonyl (C=O) groups is 2. The first kappa shape index (κ1) is 49.5. The second kappa shape index (κ2) is 23.2. The number of amides is 2. The lowest BCUT2D eigenvalue weighted by molar-refractivity contribution is -0.384. The Morgan fingerprint density at radius 3 is 2.39 bits per heavy atom. The molecule has 0 aromatic heterocycles. The van der Waals surface area contributed by atoms with E-state index in [4.69, 9.17) is 24.2 Å². The standard InChI is InChI=1S/C56H62N4O10/c1-3-28-59(54(63)43-23-22-40-16-8-9-17-41(40)32-43)51-35-49(58-68-37-39-20-24-44(25-21-39)60(65)66)47-33-42(18-10-12-29-61)46(19-11-13-30-62)52-48-34-45(69-55(64)57-36-38-14-6-5-7-15-38)26-27-50(48)70-56(51,53(47)52)67-31-4-2/h4-9,14-17,20-27,32-34,42,46,51-53,61-62H,2-3,10-13,18-19,28-31,35-37H2,1H3,(H,57,64). The van der Waals surface area contributed by atoms with Crippen LogP contribution in [-0.4, -0.2) is 75.9 Å². The molecule has 5 aromatic rings.